The third-order valence-electron chi connectivity index (χ3n) is 4.35. The summed E-state index contributed by atoms with van der Waals surface area (Å²) in [5.74, 6) is -0.195. The molecule has 0 aliphatic heterocycles. The lowest BCUT2D eigenvalue weighted by molar-refractivity contribution is 0.102. The van der Waals surface area contributed by atoms with Crippen molar-refractivity contribution >= 4 is 21.4 Å². The first-order chi connectivity index (χ1) is 14.4. The number of H-pyrrole nitrogens is 1. The van der Waals surface area contributed by atoms with Crippen molar-refractivity contribution in [2.45, 2.75) is 5.16 Å². The van der Waals surface area contributed by atoms with E-state index in [9.17, 15) is 13.2 Å². The average Bonchev–Trinajstić information content (AvgIpc) is 3.24. The molecule has 2 N–H and O–H groups in total. The summed E-state index contributed by atoms with van der Waals surface area (Å²) >= 11 is 0. The molecule has 9 heteroatoms. The molecule has 0 unspecified atom stereocenters. The van der Waals surface area contributed by atoms with E-state index in [1.165, 1.54) is 6.20 Å². The molecule has 4 aromatic rings. The van der Waals surface area contributed by atoms with Gasteiger partial charge in [0, 0.05) is 34.8 Å². The number of amides is 1. The Kier molecular flexibility index (Phi) is 5.11. The van der Waals surface area contributed by atoms with Crippen molar-refractivity contribution in [2.75, 3.05) is 11.6 Å². The number of aromatic amines is 1. The van der Waals surface area contributed by atoms with Crippen LogP contribution in [0.1, 0.15) is 10.4 Å². The lowest BCUT2D eigenvalue weighted by Crippen LogP contribution is -2.11. The highest BCUT2D eigenvalue weighted by Gasteiger charge is 2.16. The molecule has 2 heterocycles. The van der Waals surface area contributed by atoms with Gasteiger partial charge in [0.1, 0.15) is 0 Å². The largest absolute Gasteiger partial charge is 0.322 e. The summed E-state index contributed by atoms with van der Waals surface area (Å²) in [6, 6.07) is 17.8. The molecule has 0 saturated heterocycles. The van der Waals surface area contributed by atoms with Crippen LogP contribution in [0.3, 0.4) is 0 Å². The van der Waals surface area contributed by atoms with Gasteiger partial charge in [0.2, 0.25) is 15.0 Å². The summed E-state index contributed by atoms with van der Waals surface area (Å²) in [6.45, 7) is 0. The minimum absolute atomic E-state index is 0.195. The summed E-state index contributed by atoms with van der Waals surface area (Å²) in [7, 11) is -3.53. The Balaban J connectivity index is 1.60. The number of nitrogens with one attached hydrogen (secondary N) is 2. The van der Waals surface area contributed by atoms with Crippen LogP contribution in [0.5, 0.6) is 0 Å². The van der Waals surface area contributed by atoms with Crippen LogP contribution < -0.4 is 5.32 Å². The molecule has 4 rings (SSSR count). The van der Waals surface area contributed by atoms with E-state index in [1.807, 2.05) is 18.2 Å². The van der Waals surface area contributed by atoms with Crippen LogP contribution in [0.4, 0.5) is 5.69 Å². The monoisotopic (exact) mass is 419 g/mol. The van der Waals surface area contributed by atoms with Gasteiger partial charge in [0.15, 0.2) is 0 Å². The number of sulfone groups is 1. The first kappa shape index (κ1) is 19.5. The summed E-state index contributed by atoms with van der Waals surface area (Å²) in [5, 5.41) is 9.59. The minimum atomic E-state index is -3.53. The van der Waals surface area contributed by atoms with E-state index in [-0.39, 0.29) is 11.1 Å². The van der Waals surface area contributed by atoms with Gasteiger partial charge in [0.25, 0.3) is 5.91 Å². The molecule has 8 nitrogen and oxygen atoms in total. The van der Waals surface area contributed by atoms with Gasteiger partial charge in [-0.2, -0.15) is 5.10 Å². The van der Waals surface area contributed by atoms with Crippen LogP contribution in [0.15, 0.2) is 78.2 Å². The van der Waals surface area contributed by atoms with E-state index in [4.69, 9.17) is 0 Å². The number of carbonyl (C=O) groups is 1. The topological polar surface area (TPSA) is 118 Å². The molecule has 1 amide bonds. The van der Waals surface area contributed by atoms with E-state index in [0.717, 1.165) is 11.8 Å². The van der Waals surface area contributed by atoms with Crippen LogP contribution in [0, 0.1) is 0 Å². The fourth-order valence-electron chi connectivity index (χ4n) is 2.88. The number of benzene rings is 2. The van der Waals surface area contributed by atoms with Crippen molar-refractivity contribution in [3.8, 4) is 22.5 Å². The van der Waals surface area contributed by atoms with Crippen molar-refractivity contribution in [2.24, 2.45) is 0 Å². The van der Waals surface area contributed by atoms with E-state index in [1.54, 1.807) is 48.7 Å². The number of nitrogens with zero attached hydrogens (tertiary/aromatic N) is 3. The third kappa shape index (κ3) is 4.11. The first-order valence-corrected chi connectivity index (χ1v) is 10.8. The molecular formula is C21H17N5O3S. The number of anilines is 1. The van der Waals surface area contributed by atoms with Gasteiger partial charge in [-0.25, -0.2) is 18.4 Å². The third-order valence-corrected chi connectivity index (χ3v) is 5.21. The highest BCUT2D eigenvalue weighted by Crippen LogP contribution is 2.30. The predicted octanol–water partition coefficient (Wildman–Crippen LogP) is 3.19. The zero-order valence-corrected chi connectivity index (χ0v) is 16.7. The molecule has 30 heavy (non-hydrogen) atoms. The van der Waals surface area contributed by atoms with Crippen molar-refractivity contribution in [3.05, 3.63) is 78.6 Å². The lowest BCUT2D eigenvalue weighted by atomic mass is 10.1. The van der Waals surface area contributed by atoms with Gasteiger partial charge in [0.05, 0.1) is 17.6 Å². The summed E-state index contributed by atoms with van der Waals surface area (Å²) in [6.07, 6.45) is 4.04. The van der Waals surface area contributed by atoms with Crippen LogP contribution >= 0.6 is 0 Å². The van der Waals surface area contributed by atoms with Gasteiger partial charge in [-0.15, -0.1) is 0 Å². The summed E-state index contributed by atoms with van der Waals surface area (Å²) in [5.41, 5.74) is 3.78. The molecule has 0 aliphatic rings. The quantitative estimate of drug-likeness (QED) is 0.480. The summed E-state index contributed by atoms with van der Waals surface area (Å²) in [4.78, 5) is 20.3. The number of rotatable bonds is 5. The second kappa shape index (κ2) is 7.88. The molecule has 0 fully saturated rings. The van der Waals surface area contributed by atoms with E-state index in [0.29, 0.717) is 28.2 Å². The van der Waals surface area contributed by atoms with E-state index < -0.39 is 9.84 Å². The number of hydrogen-bond acceptors (Lipinski definition) is 6. The van der Waals surface area contributed by atoms with Crippen molar-refractivity contribution in [1.82, 2.24) is 20.2 Å². The molecule has 0 radical (unpaired) electrons. The van der Waals surface area contributed by atoms with Crippen molar-refractivity contribution in [1.29, 1.82) is 0 Å². The zero-order chi connectivity index (χ0) is 21.1. The minimum Gasteiger partial charge on any atom is -0.322 e. The SMILES string of the molecule is CS(=O)(=O)c1nccc(-c2cn[nH]c2-c2ccc(NC(=O)c3ccccc3)cc2)n1. The molecule has 0 spiro atoms. The number of carbonyl (C=O) groups excluding carboxylic acids is 1. The van der Waals surface area contributed by atoms with Gasteiger partial charge in [-0.3, -0.25) is 9.89 Å². The van der Waals surface area contributed by atoms with E-state index >= 15 is 0 Å². The van der Waals surface area contributed by atoms with Crippen LogP contribution in [-0.2, 0) is 9.84 Å². The Bertz CT molecular complexity index is 1300. The predicted molar refractivity (Wildman–Crippen MR) is 113 cm³/mol. The fourth-order valence-corrected chi connectivity index (χ4v) is 3.40. The molecular weight excluding hydrogens is 402 g/mol. The molecule has 0 saturated carbocycles. The maximum atomic E-state index is 12.3. The molecule has 2 aromatic carbocycles. The molecule has 150 valence electrons. The highest BCUT2D eigenvalue weighted by molar-refractivity contribution is 7.90. The number of hydrogen-bond donors (Lipinski definition) is 2. The smallest absolute Gasteiger partial charge is 0.255 e. The zero-order valence-electron chi connectivity index (χ0n) is 15.9. The van der Waals surface area contributed by atoms with Crippen molar-refractivity contribution < 1.29 is 13.2 Å². The van der Waals surface area contributed by atoms with Crippen LogP contribution in [0.25, 0.3) is 22.5 Å². The Labute approximate surface area is 173 Å². The molecule has 0 bridgehead atoms. The van der Waals surface area contributed by atoms with Gasteiger partial charge < -0.3 is 5.32 Å². The van der Waals surface area contributed by atoms with Crippen LogP contribution in [-0.4, -0.2) is 40.7 Å². The second-order valence-corrected chi connectivity index (χ2v) is 8.46. The Hall–Kier alpha value is -3.85. The Morgan fingerprint density at radius 1 is 1.00 bits per heavy atom. The molecule has 0 atom stereocenters. The standard InChI is InChI=1S/C21H17N5O3S/c1-30(28,29)21-22-12-11-18(25-21)17-13-23-26-19(17)14-7-9-16(10-8-14)24-20(27)15-5-3-2-4-6-15/h2-13H,1H3,(H,23,26)(H,24,27). The average molecular weight is 419 g/mol. The fraction of sp³-hybridized carbons (Fsp3) is 0.0476. The van der Waals surface area contributed by atoms with Gasteiger partial charge >= 0.3 is 0 Å². The molecule has 2 aromatic heterocycles. The highest BCUT2D eigenvalue weighted by atomic mass is 32.2. The Morgan fingerprint density at radius 2 is 1.73 bits per heavy atom. The van der Waals surface area contributed by atoms with Crippen LogP contribution in [0.2, 0.25) is 0 Å². The number of aromatic nitrogens is 4. The van der Waals surface area contributed by atoms with Crippen molar-refractivity contribution in [3.63, 3.8) is 0 Å². The second-order valence-electron chi connectivity index (χ2n) is 6.55. The molecule has 0 aliphatic carbocycles. The summed E-state index contributed by atoms with van der Waals surface area (Å²) < 4.78 is 23.5. The maximum absolute atomic E-state index is 12.3. The van der Waals surface area contributed by atoms with E-state index in [2.05, 4.69) is 25.5 Å². The Morgan fingerprint density at radius 3 is 2.43 bits per heavy atom. The lowest BCUT2D eigenvalue weighted by Gasteiger charge is -2.07. The van der Waals surface area contributed by atoms with Gasteiger partial charge in [-0.05, 0) is 30.3 Å². The first-order valence-electron chi connectivity index (χ1n) is 8.95. The maximum Gasteiger partial charge on any atom is 0.255 e. The van der Waals surface area contributed by atoms with Gasteiger partial charge in [-0.1, -0.05) is 30.3 Å². The normalized spacial score (nSPS) is 11.2.